The zero-order valence-electron chi connectivity index (χ0n) is 17.5. The normalized spacial score (nSPS) is 17.8. The number of carbonyl (C=O) groups is 1. The molecule has 0 bridgehead atoms. The second kappa shape index (κ2) is 7.64. The van der Waals surface area contributed by atoms with Crippen molar-refractivity contribution < 1.29 is 9.90 Å². The molecule has 5 rings (SSSR count). The molecule has 1 fully saturated rings. The minimum atomic E-state index is -0.978. The molecule has 8 heteroatoms. The van der Waals surface area contributed by atoms with Gasteiger partial charge in [-0.2, -0.15) is 4.99 Å². The minimum absolute atomic E-state index is 0.221. The van der Waals surface area contributed by atoms with Crippen LogP contribution in [0, 0.1) is 0 Å². The van der Waals surface area contributed by atoms with Crippen LogP contribution in [0.25, 0.3) is 22.2 Å². The Bertz CT molecular complexity index is 1260. The van der Waals surface area contributed by atoms with Crippen molar-refractivity contribution in [2.24, 2.45) is 21.5 Å². The Hall–Kier alpha value is -3.94. The predicted molar refractivity (Wildman–Crippen MR) is 126 cm³/mol. The Morgan fingerprint density at radius 3 is 2.44 bits per heavy atom. The average Bonchev–Trinajstić information content (AvgIpc) is 2.78. The molecule has 8 nitrogen and oxygen atoms in total. The molecule has 1 aliphatic carbocycles. The highest BCUT2D eigenvalue weighted by molar-refractivity contribution is 6.06. The van der Waals surface area contributed by atoms with E-state index in [0.29, 0.717) is 22.6 Å². The summed E-state index contributed by atoms with van der Waals surface area (Å²) in [6, 6.07) is 16.6. The van der Waals surface area contributed by atoms with Crippen molar-refractivity contribution in [1.82, 2.24) is 4.98 Å². The molecule has 0 amide bonds. The molecule has 32 heavy (non-hydrogen) atoms. The number of benzene rings is 2. The van der Waals surface area contributed by atoms with Gasteiger partial charge in [-0.05, 0) is 49.9 Å². The molecule has 162 valence electrons. The number of hydrogen-bond donors (Lipinski definition) is 3. The van der Waals surface area contributed by atoms with E-state index in [1.807, 2.05) is 47.4 Å². The first-order chi connectivity index (χ1) is 15.5. The van der Waals surface area contributed by atoms with Crippen LogP contribution in [0.4, 0.5) is 5.69 Å². The van der Waals surface area contributed by atoms with Crippen molar-refractivity contribution in [3.8, 4) is 11.3 Å². The number of nitrogens with two attached hydrogens (primary N) is 2. The van der Waals surface area contributed by atoms with Gasteiger partial charge in [0.2, 0.25) is 11.9 Å². The Morgan fingerprint density at radius 2 is 1.72 bits per heavy atom. The summed E-state index contributed by atoms with van der Waals surface area (Å²) in [7, 11) is 0. The van der Waals surface area contributed by atoms with E-state index >= 15 is 0 Å². The molecular formula is C24H24N6O2. The predicted octanol–water partition coefficient (Wildman–Crippen LogP) is 3.71. The summed E-state index contributed by atoms with van der Waals surface area (Å²) in [5, 5.41) is 10.3. The minimum Gasteiger partial charge on any atom is -0.478 e. The van der Waals surface area contributed by atoms with Gasteiger partial charge in [0, 0.05) is 16.6 Å². The van der Waals surface area contributed by atoms with Crippen LogP contribution in [0.2, 0.25) is 0 Å². The van der Waals surface area contributed by atoms with Gasteiger partial charge in [-0.3, -0.25) is 4.90 Å². The number of anilines is 1. The maximum Gasteiger partial charge on any atom is 0.336 e. The van der Waals surface area contributed by atoms with Gasteiger partial charge in [-0.1, -0.05) is 36.8 Å². The lowest BCUT2D eigenvalue weighted by atomic mass is 9.87. The molecule has 1 aromatic heterocycles. The summed E-state index contributed by atoms with van der Waals surface area (Å²) in [5.74, 6) is -0.420. The van der Waals surface area contributed by atoms with Gasteiger partial charge in [0.25, 0.3) is 0 Å². The molecule has 2 aromatic carbocycles. The fourth-order valence-corrected chi connectivity index (χ4v) is 4.78. The molecule has 0 atom stereocenters. The monoisotopic (exact) mass is 428 g/mol. The van der Waals surface area contributed by atoms with Crippen LogP contribution in [-0.4, -0.2) is 33.6 Å². The smallest absolute Gasteiger partial charge is 0.336 e. The molecule has 1 spiro atoms. The van der Waals surface area contributed by atoms with Gasteiger partial charge in [-0.15, -0.1) is 0 Å². The third kappa shape index (κ3) is 3.33. The lowest BCUT2D eigenvalue weighted by Gasteiger charge is -2.45. The molecule has 3 aromatic rings. The van der Waals surface area contributed by atoms with E-state index in [2.05, 4.69) is 9.98 Å². The van der Waals surface area contributed by atoms with Crippen molar-refractivity contribution in [3.05, 3.63) is 60.2 Å². The second-order valence-electron chi connectivity index (χ2n) is 8.24. The number of aromatic carboxylic acids is 1. The lowest BCUT2D eigenvalue weighted by molar-refractivity contribution is 0.0699. The van der Waals surface area contributed by atoms with Crippen molar-refractivity contribution in [1.29, 1.82) is 0 Å². The number of guanidine groups is 2. The molecule has 1 aliphatic heterocycles. The number of hydrogen-bond acceptors (Lipinski definition) is 7. The number of fused-ring (bicyclic) bond motifs is 1. The number of para-hydroxylation sites is 1. The van der Waals surface area contributed by atoms with Crippen LogP contribution in [-0.2, 0) is 0 Å². The van der Waals surface area contributed by atoms with E-state index in [1.54, 1.807) is 12.1 Å². The first kappa shape index (κ1) is 20.0. The SMILES string of the molecule is NC1=NC2(CCCCC2)N(c2ccc(-c3cc(C(=O)O)c4ccccc4n3)cc2)C(N)=N1. The Labute approximate surface area is 185 Å². The number of rotatable bonds is 3. The summed E-state index contributed by atoms with van der Waals surface area (Å²) in [4.78, 5) is 27.4. The molecule has 0 unspecified atom stereocenters. The van der Waals surface area contributed by atoms with Crippen molar-refractivity contribution in [3.63, 3.8) is 0 Å². The molecular weight excluding hydrogens is 404 g/mol. The number of carboxylic acids is 1. The first-order valence-corrected chi connectivity index (χ1v) is 10.7. The van der Waals surface area contributed by atoms with Gasteiger partial charge in [0.05, 0.1) is 16.8 Å². The molecule has 2 aliphatic rings. The largest absolute Gasteiger partial charge is 0.478 e. The Kier molecular flexibility index (Phi) is 4.77. The van der Waals surface area contributed by atoms with E-state index in [-0.39, 0.29) is 11.5 Å². The van der Waals surface area contributed by atoms with Gasteiger partial charge < -0.3 is 16.6 Å². The maximum absolute atomic E-state index is 11.8. The standard InChI is InChI=1S/C24H24N6O2/c25-22-28-23(26)30(24(29-22)12-4-1-5-13-24)16-10-8-15(9-11-16)20-14-18(21(31)32)17-6-2-3-7-19(17)27-20/h2-3,6-11,14H,1,4-5,12-13H2,(H,31,32)(H4,25,26,28,29). The molecule has 0 saturated heterocycles. The first-order valence-electron chi connectivity index (χ1n) is 10.7. The summed E-state index contributed by atoms with van der Waals surface area (Å²) >= 11 is 0. The van der Waals surface area contributed by atoms with Crippen LogP contribution < -0.4 is 16.4 Å². The highest BCUT2D eigenvalue weighted by Crippen LogP contribution is 2.40. The van der Waals surface area contributed by atoms with Crippen LogP contribution in [0.5, 0.6) is 0 Å². The Morgan fingerprint density at radius 1 is 1.00 bits per heavy atom. The fourth-order valence-electron chi connectivity index (χ4n) is 4.78. The summed E-state index contributed by atoms with van der Waals surface area (Å²) < 4.78 is 0. The highest BCUT2D eigenvalue weighted by atomic mass is 16.4. The second-order valence-corrected chi connectivity index (χ2v) is 8.24. The van der Waals surface area contributed by atoms with Gasteiger partial charge in [0.15, 0.2) is 0 Å². The third-order valence-electron chi connectivity index (χ3n) is 6.22. The summed E-state index contributed by atoms with van der Waals surface area (Å²) in [6.45, 7) is 0. The lowest BCUT2D eigenvalue weighted by Crippen LogP contribution is -2.58. The van der Waals surface area contributed by atoms with Gasteiger partial charge in [-0.25, -0.2) is 14.8 Å². The molecule has 2 heterocycles. The van der Waals surface area contributed by atoms with Crippen LogP contribution in [0.3, 0.4) is 0 Å². The molecule has 1 saturated carbocycles. The van der Waals surface area contributed by atoms with Crippen LogP contribution in [0.15, 0.2) is 64.6 Å². The topological polar surface area (TPSA) is 130 Å². The molecule has 5 N–H and O–H groups in total. The zero-order valence-corrected chi connectivity index (χ0v) is 17.5. The summed E-state index contributed by atoms with van der Waals surface area (Å²) in [6.07, 6.45) is 5.00. The van der Waals surface area contributed by atoms with Gasteiger partial charge >= 0.3 is 5.97 Å². The van der Waals surface area contributed by atoms with E-state index in [9.17, 15) is 9.90 Å². The van der Waals surface area contributed by atoms with E-state index in [4.69, 9.17) is 16.5 Å². The zero-order chi connectivity index (χ0) is 22.3. The number of pyridine rings is 1. The van der Waals surface area contributed by atoms with Crippen molar-refractivity contribution >= 4 is 34.5 Å². The number of carboxylic acid groups (broad SMARTS) is 1. The highest BCUT2D eigenvalue weighted by Gasteiger charge is 2.42. The van der Waals surface area contributed by atoms with Crippen molar-refractivity contribution in [2.75, 3.05) is 4.90 Å². The fraction of sp³-hybridized carbons (Fsp3) is 0.250. The third-order valence-corrected chi connectivity index (χ3v) is 6.22. The van der Waals surface area contributed by atoms with E-state index in [0.717, 1.165) is 36.9 Å². The van der Waals surface area contributed by atoms with Crippen molar-refractivity contribution in [2.45, 2.75) is 37.8 Å². The number of aliphatic imine (C=N–C) groups is 2. The van der Waals surface area contributed by atoms with Gasteiger partial charge in [0.1, 0.15) is 5.66 Å². The van der Waals surface area contributed by atoms with Crippen LogP contribution in [0.1, 0.15) is 42.5 Å². The van der Waals surface area contributed by atoms with E-state index < -0.39 is 11.6 Å². The maximum atomic E-state index is 11.8. The summed E-state index contributed by atoms with van der Waals surface area (Å²) in [5.41, 5.74) is 14.9. The number of aromatic nitrogens is 1. The Balaban J connectivity index is 1.55. The quantitative estimate of drug-likeness (QED) is 0.583. The number of nitrogens with zero attached hydrogens (tertiary/aromatic N) is 4. The average molecular weight is 428 g/mol. The molecule has 0 radical (unpaired) electrons. The van der Waals surface area contributed by atoms with Crippen LogP contribution >= 0.6 is 0 Å². The van der Waals surface area contributed by atoms with E-state index in [1.165, 1.54) is 6.42 Å².